The Morgan fingerprint density at radius 3 is 1.07 bits per heavy atom. The second kappa shape index (κ2) is 11.5. The third-order valence-electron chi connectivity index (χ3n) is 9.16. The zero-order chi connectivity index (χ0) is 20.0. The van der Waals surface area contributed by atoms with Crippen LogP contribution in [-0.4, -0.2) is 30.7 Å². The summed E-state index contributed by atoms with van der Waals surface area (Å²) in [5.74, 6) is 0.704. The molecule has 0 N–H and O–H groups in total. The molecule has 0 aromatic heterocycles. The molecule has 0 radical (unpaired) electrons. The molecule has 0 saturated heterocycles. The Bertz CT molecular complexity index is 372. The Morgan fingerprint density at radius 2 is 0.821 bits per heavy atom. The fourth-order valence-corrected chi connectivity index (χ4v) is 34.2. The van der Waals surface area contributed by atoms with Crippen LogP contribution in [0, 0.1) is 11.8 Å². The first-order chi connectivity index (χ1) is 13.5. The third-order valence-corrected chi connectivity index (χ3v) is 29.5. The topological polar surface area (TPSA) is 0 Å². The van der Waals surface area contributed by atoms with E-state index in [-0.39, 0.29) is 0 Å². The molecule has 3 fully saturated rings. The van der Waals surface area contributed by atoms with Crippen LogP contribution < -0.4 is 0 Å². The van der Waals surface area contributed by atoms with Gasteiger partial charge in [0.15, 0.2) is 0 Å². The molecular formula is C26H52AlP. The van der Waals surface area contributed by atoms with Gasteiger partial charge in [0.2, 0.25) is 0 Å². The Balaban J connectivity index is 2.04. The zero-order valence-electron chi connectivity index (χ0n) is 20.0. The second-order valence-electron chi connectivity index (χ2n) is 12.0. The monoisotopic (exact) mass is 422 g/mol. The summed E-state index contributed by atoms with van der Waals surface area (Å²) in [6.07, 6.45) is 24.2. The zero-order valence-corrected chi connectivity index (χ0v) is 22.1. The van der Waals surface area contributed by atoms with Gasteiger partial charge in [0.25, 0.3) is 0 Å². The molecule has 3 aliphatic rings. The Hall–Kier alpha value is 0.962. The van der Waals surface area contributed by atoms with E-state index in [1.807, 2.05) is 0 Å². The maximum atomic E-state index is 2.57. The van der Waals surface area contributed by atoms with E-state index in [9.17, 15) is 0 Å². The quantitative estimate of drug-likeness (QED) is 0.270. The Morgan fingerprint density at radius 1 is 0.536 bits per heavy atom. The van der Waals surface area contributed by atoms with Crippen LogP contribution in [0.5, 0.6) is 0 Å². The summed E-state index contributed by atoms with van der Waals surface area (Å²) in [6, 6.07) is 0. The molecule has 3 rings (SSSR count). The average Bonchev–Trinajstić information content (AvgIpc) is 2.70. The normalized spacial score (nSPS) is 24.8. The molecule has 0 aromatic carbocycles. The number of rotatable bonds is 8. The summed E-state index contributed by atoms with van der Waals surface area (Å²) in [6.45, 7) is 10.3. The van der Waals surface area contributed by atoms with Gasteiger partial charge in [-0.25, -0.2) is 0 Å². The summed E-state index contributed by atoms with van der Waals surface area (Å²) < 4.78 is 0. The van der Waals surface area contributed by atoms with Crippen molar-refractivity contribution in [1.82, 2.24) is 0 Å². The molecule has 3 saturated carbocycles. The van der Waals surface area contributed by atoms with Gasteiger partial charge < -0.3 is 0 Å². The van der Waals surface area contributed by atoms with Gasteiger partial charge in [-0.2, -0.15) is 0 Å². The van der Waals surface area contributed by atoms with Crippen molar-refractivity contribution in [1.29, 1.82) is 0 Å². The van der Waals surface area contributed by atoms with E-state index in [2.05, 4.69) is 27.7 Å². The maximum absolute atomic E-state index is 2.57. The average molecular weight is 423 g/mol. The van der Waals surface area contributed by atoms with Crippen molar-refractivity contribution >= 4 is 19.6 Å². The van der Waals surface area contributed by atoms with Crippen LogP contribution in [0.15, 0.2) is 0 Å². The molecule has 0 atom stereocenters. The van der Waals surface area contributed by atoms with Gasteiger partial charge in [-0.05, 0) is 0 Å². The molecule has 0 aromatic rings. The summed E-state index contributed by atoms with van der Waals surface area (Å²) in [5.41, 5.74) is 3.75. The van der Waals surface area contributed by atoms with E-state index in [1.54, 1.807) is 107 Å². The first-order valence-electron chi connectivity index (χ1n) is 13.5. The molecule has 2 heteroatoms. The summed E-state index contributed by atoms with van der Waals surface area (Å²) in [5, 5.41) is 3.40. The van der Waals surface area contributed by atoms with Crippen LogP contribution in [0.4, 0.5) is 0 Å². The van der Waals surface area contributed by atoms with Crippen molar-refractivity contribution in [2.75, 3.05) is 0 Å². The summed E-state index contributed by atoms with van der Waals surface area (Å²) in [4.78, 5) is 0. The minimum atomic E-state index is -1.21. The van der Waals surface area contributed by atoms with Crippen molar-refractivity contribution in [2.24, 2.45) is 11.8 Å². The van der Waals surface area contributed by atoms with Gasteiger partial charge in [-0.1, -0.05) is 0 Å². The van der Waals surface area contributed by atoms with Gasteiger partial charge in [0.05, 0.1) is 0 Å². The third kappa shape index (κ3) is 5.60. The van der Waals surface area contributed by atoms with Gasteiger partial charge >= 0.3 is 183 Å². The molecule has 3 aliphatic carbocycles. The van der Waals surface area contributed by atoms with Crippen molar-refractivity contribution in [3.63, 3.8) is 0 Å². The number of hydrogen-bond donors (Lipinski definition) is 0. The van der Waals surface area contributed by atoms with Crippen LogP contribution in [0.25, 0.3) is 0 Å². The van der Waals surface area contributed by atoms with E-state index in [0.29, 0.717) is 0 Å². The molecule has 0 aliphatic heterocycles. The molecule has 164 valence electrons. The van der Waals surface area contributed by atoms with E-state index in [0.717, 1.165) is 11.8 Å². The van der Waals surface area contributed by atoms with Crippen LogP contribution in [0.1, 0.15) is 124 Å². The van der Waals surface area contributed by atoms with E-state index < -0.39 is 19.6 Å². The van der Waals surface area contributed by atoms with Crippen LogP contribution in [-0.2, 0) is 0 Å². The van der Waals surface area contributed by atoms with Crippen molar-refractivity contribution in [2.45, 2.75) is 152 Å². The summed E-state index contributed by atoms with van der Waals surface area (Å²) in [7, 11) is 0. The van der Waals surface area contributed by atoms with E-state index in [1.165, 1.54) is 17.0 Å². The van der Waals surface area contributed by atoms with Crippen LogP contribution in [0.3, 0.4) is 0 Å². The molecular weight excluding hydrogens is 370 g/mol. The molecule has 0 unspecified atom stereocenters. The standard InChI is InChI=1S/C18H33P.2C4H9.Al/c1-4-10-16(11-5-1)19(17-12-6-2-7-13-17)18-14-8-3-9-15-18;2*1-4(2)3;/h16-18H,1-15H2;2*4H,1H2,2-3H3;/q;;;-1/p+1. The predicted molar refractivity (Wildman–Crippen MR) is 134 cm³/mol. The molecule has 0 heterocycles. The summed E-state index contributed by atoms with van der Waals surface area (Å²) >= 11 is -0.681. The molecule has 0 nitrogen and oxygen atoms in total. The van der Waals surface area contributed by atoms with Crippen LogP contribution in [0.2, 0.25) is 10.6 Å². The SMILES string of the molecule is CC(C)[CH2][Al]([CH2]C(C)C)[PH](C1CCCCC1)(C1CCCCC1)C1CCCCC1. The predicted octanol–water partition coefficient (Wildman–Crippen LogP) is 9.04. The van der Waals surface area contributed by atoms with Crippen molar-refractivity contribution in [3.05, 3.63) is 0 Å². The van der Waals surface area contributed by atoms with Gasteiger partial charge in [-0.15, -0.1) is 0 Å². The Kier molecular flexibility index (Phi) is 9.74. The fraction of sp³-hybridized carbons (Fsp3) is 1.00. The minimum absolute atomic E-state index is 0.681. The number of hydrogen-bond acceptors (Lipinski definition) is 0. The molecule has 28 heavy (non-hydrogen) atoms. The molecule has 0 amide bonds. The van der Waals surface area contributed by atoms with Crippen molar-refractivity contribution < 1.29 is 0 Å². The first kappa shape index (κ1) is 23.6. The fourth-order valence-electron chi connectivity index (χ4n) is 8.45. The van der Waals surface area contributed by atoms with E-state index >= 15 is 0 Å². The van der Waals surface area contributed by atoms with Gasteiger partial charge in [0, 0.05) is 0 Å². The van der Waals surface area contributed by atoms with Crippen molar-refractivity contribution in [3.8, 4) is 0 Å². The van der Waals surface area contributed by atoms with E-state index in [4.69, 9.17) is 0 Å². The Labute approximate surface area is 182 Å². The molecule has 0 bridgehead atoms. The first-order valence-corrected chi connectivity index (χ1v) is 19.2. The second-order valence-corrected chi connectivity index (χ2v) is 24.2. The van der Waals surface area contributed by atoms with Gasteiger partial charge in [-0.3, -0.25) is 0 Å². The van der Waals surface area contributed by atoms with Gasteiger partial charge in [0.1, 0.15) is 0 Å². The molecule has 0 spiro atoms. The van der Waals surface area contributed by atoms with Crippen LogP contribution >= 0.6 is 5.91 Å².